The van der Waals surface area contributed by atoms with Crippen molar-refractivity contribution in [3.8, 4) is 0 Å². The zero-order valence-corrected chi connectivity index (χ0v) is 16.6. The fourth-order valence-electron chi connectivity index (χ4n) is 2.45. The third kappa shape index (κ3) is 16.9. The smallest absolute Gasteiger partial charge is 0.0790 e. The summed E-state index contributed by atoms with van der Waals surface area (Å²) in [7, 11) is 4.74. The van der Waals surface area contributed by atoms with Gasteiger partial charge in [0, 0.05) is 11.8 Å². The highest BCUT2D eigenvalue weighted by Gasteiger charge is 2.12. The third-order valence-electron chi connectivity index (χ3n) is 3.76. The summed E-state index contributed by atoms with van der Waals surface area (Å²) in [6.45, 7) is 4.95. The highest BCUT2D eigenvalue weighted by atomic mass is 79.9. The molecule has 0 aromatic rings. The lowest BCUT2D eigenvalue weighted by Gasteiger charge is -2.29. The molecule has 0 bridgehead atoms. The van der Waals surface area contributed by atoms with Crippen LogP contribution < -0.4 is 17.0 Å². The molecule has 0 aliphatic rings. The van der Waals surface area contributed by atoms with Crippen molar-refractivity contribution < 1.29 is 21.5 Å². The highest BCUT2D eigenvalue weighted by Crippen LogP contribution is 2.11. The van der Waals surface area contributed by atoms with E-state index in [0.717, 1.165) is 5.33 Å². The number of hydrogen-bond acceptors (Lipinski definition) is 0. The standard InChI is InChI=1S/C16H35BrN.BrH/c1-4-5-6-7-8-9-10-11-12-15-18(2,3)16-13-14-17;/h4-16H2,1-3H3;1H/q+1;/p-1. The van der Waals surface area contributed by atoms with Gasteiger partial charge in [-0.2, -0.15) is 0 Å². The third-order valence-corrected chi connectivity index (χ3v) is 4.32. The summed E-state index contributed by atoms with van der Waals surface area (Å²) in [6.07, 6.45) is 14.2. The van der Waals surface area contributed by atoms with Gasteiger partial charge in [0.25, 0.3) is 0 Å². The first kappa shape index (κ1) is 22.2. The Labute approximate surface area is 141 Å². The summed E-state index contributed by atoms with van der Waals surface area (Å²) < 4.78 is 1.20. The number of hydrogen-bond donors (Lipinski definition) is 0. The first-order valence-corrected chi connectivity index (χ1v) is 9.12. The topological polar surface area (TPSA) is 0 Å². The van der Waals surface area contributed by atoms with Crippen LogP contribution in [0.25, 0.3) is 0 Å². The second-order valence-corrected chi connectivity index (χ2v) is 7.05. The van der Waals surface area contributed by atoms with Gasteiger partial charge in [-0.15, -0.1) is 0 Å². The monoisotopic (exact) mass is 399 g/mol. The van der Waals surface area contributed by atoms with Gasteiger partial charge in [-0.05, 0) is 12.8 Å². The van der Waals surface area contributed by atoms with Crippen molar-refractivity contribution in [1.82, 2.24) is 0 Å². The first-order valence-electron chi connectivity index (χ1n) is 8.00. The lowest BCUT2D eigenvalue weighted by atomic mass is 10.1. The number of alkyl halides is 1. The maximum atomic E-state index is 3.52. The number of nitrogens with zero attached hydrogens (tertiary/aromatic N) is 1. The van der Waals surface area contributed by atoms with E-state index in [-0.39, 0.29) is 17.0 Å². The molecule has 0 radical (unpaired) electrons. The molecule has 0 rings (SSSR count). The van der Waals surface area contributed by atoms with Gasteiger partial charge in [0.05, 0.1) is 27.2 Å². The van der Waals surface area contributed by atoms with Crippen LogP contribution in [-0.2, 0) is 0 Å². The summed E-state index contributed by atoms with van der Waals surface area (Å²) >= 11 is 3.52. The molecular formula is C16H35Br2N. The Morgan fingerprint density at radius 3 is 1.58 bits per heavy atom. The Balaban J connectivity index is 0. The normalized spacial score (nSPS) is 11.4. The zero-order chi connectivity index (χ0) is 13.7. The van der Waals surface area contributed by atoms with Crippen LogP contribution in [0.1, 0.15) is 71.1 Å². The highest BCUT2D eigenvalue weighted by molar-refractivity contribution is 9.09. The predicted molar refractivity (Wildman–Crippen MR) is 87.5 cm³/mol. The van der Waals surface area contributed by atoms with Crippen LogP contribution in [-0.4, -0.2) is 37.0 Å². The second kappa shape index (κ2) is 15.3. The molecule has 0 saturated carbocycles. The predicted octanol–water partition coefficient (Wildman–Crippen LogP) is 2.38. The Kier molecular flexibility index (Phi) is 17.9. The van der Waals surface area contributed by atoms with Crippen LogP contribution in [0, 0.1) is 0 Å². The van der Waals surface area contributed by atoms with Crippen LogP contribution >= 0.6 is 15.9 Å². The minimum atomic E-state index is 0. The molecule has 0 atom stereocenters. The Morgan fingerprint density at radius 1 is 0.684 bits per heavy atom. The Morgan fingerprint density at radius 2 is 1.11 bits per heavy atom. The van der Waals surface area contributed by atoms with Gasteiger partial charge in [0.15, 0.2) is 0 Å². The summed E-state index contributed by atoms with van der Waals surface area (Å²) in [5.41, 5.74) is 0. The summed E-state index contributed by atoms with van der Waals surface area (Å²) in [4.78, 5) is 0. The van der Waals surface area contributed by atoms with Crippen LogP contribution in [0.2, 0.25) is 0 Å². The van der Waals surface area contributed by atoms with E-state index in [4.69, 9.17) is 0 Å². The summed E-state index contributed by atoms with van der Waals surface area (Å²) in [5, 5.41) is 1.15. The van der Waals surface area contributed by atoms with E-state index in [2.05, 4.69) is 36.9 Å². The van der Waals surface area contributed by atoms with Crippen LogP contribution in [0.3, 0.4) is 0 Å². The van der Waals surface area contributed by atoms with E-state index < -0.39 is 0 Å². The van der Waals surface area contributed by atoms with Crippen molar-refractivity contribution in [2.75, 3.05) is 32.5 Å². The molecule has 0 aromatic carbocycles. The SMILES string of the molecule is CCCCCCCCCCC[N+](C)(C)CCCBr.[Br-]. The van der Waals surface area contributed by atoms with E-state index in [9.17, 15) is 0 Å². The Hall–Kier alpha value is 0.920. The minimum Gasteiger partial charge on any atom is -1.00 e. The lowest BCUT2D eigenvalue weighted by Crippen LogP contribution is -3.00. The maximum Gasteiger partial charge on any atom is 0.0790 e. The van der Waals surface area contributed by atoms with Crippen molar-refractivity contribution in [2.45, 2.75) is 71.1 Å². The minimum absolute atomic E-state index is 0. The average molecular weight is 401 g/mol. The quantitative estimate of drug-likeness (QED) is 0.253. The van der Waals surface area contributed by atoms with Crippen LogP contribution in [0.15, 0.2) is 0 Å². The van der Waals surface area contributed by atoms with E-state index >= 15 is 0 Å². The van der Waals surface area contributed by atoms with Crippen molar-refractivity contribution in [3.05, 3.63) is 0 Å². The number of halogens is 2. The summed E-state index contributed by atoms with van der Waals surface area (Å²) in [5.74, 6) is 0. The van der Waals surface area contributed by atoms with Crippen molar-refractivity contribution in [2.24, 2.45) is 0 Å². The summed E-state index contributed by atoms with van der Waals surface area (Å²) in [6, 6.07) is 0. The fraction of sp³-hybridized carbons (Fsp3) is 1.00. The van der Waals surface area contributed by atoms with Gasteiger partial charge >= 0.3 is 0 Å². The molecule has 3 heteroatoms. The molecule has 0 aliphatic heterocycles. The van der Waals surface area contributed by atoms with Gasteiger partial charge < -0.3 is 21.5 Å². The maximum absolute atomic E-state index is 3.52. The van der Waals surface area contributed by atoms with Gasteiger partial charge in [0.1, 0.15) is 0 Å². The molecule has 0 heterocycles. The largest absolute Gasteiger partial charge is 1.00 e. The van der Waals surface area contributed by atoms with Gasteiger partial charge in [-0.1, -0.05) is 67.8 Å². The van der Waals surface area contributed by atoms with Crippen molar-refractivity contribution >= 4 is 15.9 Å². The van der Waals surface area contributed by atoms with Crippen molar-refractivity contribution in [1.29, 1.82) is 0 Å². The van der Waals surface area contributed by atoms with Gasteiger partial charge in [-0.25, -0.2) is 0 Å². The van der Waals surface area contributed by atoms with Gasteiger partial charge in [-0.3, -0.25) is 0 Å². The number of unbranched alkanes of at least 4 members (excludes halogenated alkanes) is 8. The van der Waals surface area contributed by atoms with E-state index in [1.54, 1.807) is 0 Å². The van der Waals surface area contributed by atoms with Crippen LogP contribution in [0.5, 0.6) is 0 Å². The fourth-order valence-corrected chi connectivity index (χ4v) is 2.70. The second-order valence-electron chi connectivity index (χ2n) is 6.25. The van der Waals surface area contributed by atoms with E-state index in [0.29, 0.717) is 0 Å². The molecule has 0 saturated heterocycles. The molecule has 19 heavy (non-hydrogen) atoms. The molecule has 0 aromatic heterocycles. The first-order chi connectivity index (χ1) is 8.62. The molecule has 118 valence electrons. The number of rotatable bonds is 13. The molecule has 0 unspecified atom stereocenters. The van der Waals surface area contributed by atoms with Gasteiger partial charge in [0.2, 0.25) is 0 Å². The molecule has 0 N–H and O–H groups in total. The molecule has 1 nitrogen and oxygen atoms in total. The molecule has 0 amide bonds. The Bertz CT molecular complexity index is 172. The number of quaternary nitrogens is 1. The lowest BCUT2D eigenvalue weighted by molar-refractivity contribution is -0.890. The zero-order valence-electron chi connectivity index (χ0n) is 13.4. The molecule has 0 aliphatic carbocycles. The van der Waals surface area contributed by atoms with Crippen molar-refractivity contribution in [3.63, 3.8) is 0 Å². The average Bonchev–Trinajstić information content (AvgIpc) is 2.34. The van der Waals surface area contributed by atoms with Crippen LogP contribution in [0.4, 0.5) is 0 Å². The molecule has 0 fully saturated rings. The van der Waals surface area contributed by atoms with E-state index in [1.807, 2.05) is 0 Å². The molecule has 0 spiro atoms. The van der Waals surface area contributed by atoms with E-state index in [1.165, 1.54) is 81.8 Å². The molecular weight excluding hydrogens is 366 g/mol.